The number of piperazine rings is 1. The van der Waals surface area contributed by atoms with E-state index in [0.717, 1.165) is 18.8 Å². The summed E-state index contributed by atoms with van der Waals surface area (Å²) in [5, 5.41) is 4.27. The van der Waals surface area contributed by atoms with E-state index in [9.17, 15) is 4.39 Å². The summed E-state index contributed by atoms with van der Waals surface area (Å²) in [7, 11) is 0. The maximum atomic E-state index is 13.3. The summed E-state index contributed by atoms with van der Waals surface area (Å²) < 4.78 is 13.3. The first-order valence-electron chi connectivity index (χ1n) is 6.54. The summed E-state index contributed by atoms with van der Waals surface area (Å²) in [4.78, 5) is 2.17. The Morgan fingerprint density at radius 3 is 2.42 bits per heavy atom. The van der Waals surface area contributed by atoms with Crippen LogP contribution >= 0.6 is 23.2 Å². The number of hydrogen-bond donors (Lipinski definition) is 1. The molecule has 1 aliphatic rings. The van der Waals surface area contributed by atoms with Crippen molar-refractivity contribution in [1.29, 1.82) is 0 Å². The van der Waals surface area contributed by atoms with E-state index in [1.54, 1.807) is 0 Å². The van der Waals surface area contributed by atoms with E-state index in [4.69, 9.17) is 23.2 Å². The first-order chi connectivity index (χ1) is 8.90. The minimum atomic E-state index is -0.401. The molecule has 1 aliphatic heterocycles. The molecule has 106 valence electrons. The molecule has 0 saturated carbocycles. The SMILES string of the molecule is CC(C)C1CN(c2c(Cl)cc(F)cc2Cl)C(C)CN1. The molecule has 1 heterocycles. The van der Waals surface area contributed by atoms with Gasteiger partial charge in [0.15, 0.2) is 0 Å². The molecule has 2 atom stereocenters. The van der Waals surface area contributed by atoms with E-state index in [1.165, 1.54) is 12.1 Å². The minimum absolute atomic E-state index is 0.274. The Hall–Kier alpha value is -0.510. The fourth-order valence-corrected chi connectivity index (χ4v) is 3.13. The zero-order valence-corrected chi connectivity index (χ0v) is 12.9. The monoisotopic (exact) mass is 304 g/mol. The third kappa shape index (κ3) is 3.15. The molecule has 0 spiro atoms. The van der Waals surface area contributed by atoms with Gasteiger partial charge in [0.1, 0.15) is 5.82 Å². The van der Waals surface area contributed by atoms with E-state index in [1.807, 2.05) is 0 Å². The van der Waals surface area contributed by atoms with Gasteiger partial charge in [-0.1, -0.05) is 37.0 Å². The lowest BCUT2D eigenvalue weighted by Gasteiger charge is -2.42. The molecule has 0 radical (unpaired) electrons. The summed E-state index contributed by atoms with van der Waals surface area (Å²) in [6.45, 7) is 8.16. The quantitative estimate of drug-likeness (QED) is 0.890. The van der Waals surface area contributed by atoms with Gasteiger partial charge in [-0.15, -0.1) is 0 Å². The van der Waals surface area contributed by atoms with Crippen LogP contribution in [0, 0.1) is 11.7 Å². The van der Waals surface area contributed by atoms with E-state index in [0.29, 0.717) is 22.0 Å². The highest BCUT2D eigenvalue weighted by Gasteiger charge is 2.29. The van der Waals surface area contributed by atoms with Crippen molar-refractivity contribution in [3.63, 3.8) is 0 Å². The maximum Gasteiger partial charge on any atom is 0.126 e. The van der Waals surface area contributed by atoms with Crippen LogP contribution in [0.4, 0.5) is 10.1 Å². The Balaban J connectivity index is 2.34. The van der Waals surface area contributed by atoms with Crippen molar-refractivity contribution in [2.24, 2.45) is 5.92 Å². The Morgan fingerprint density at radius 1 is 1.32 bits per heavy atom. The average Bonchev–Trinajstić information content (AvgIpc) is 2.29. The van der Waals surface area contributed by atoms with Crippen LogP contribution in [0.2, 0.25) is 10.0 Å². The predicted molar refractivity (Wildman–Crippen MR) is 79.9 cm³/mol. The Morgan fingerprint density at radius 2 is 1.89 bits per heavy atom. The molecule has 0 aliphatic carbocycles. The van der Waals surface area contributed by atoms with Crippen molar-refractivity contribution in [3.8, 4) is 0 Å². The summed E-state index contributed by atoms with van der Waals surface area (Å²) in [6, 6.07) is 3.30. The van der Waals surface area contributed by atoms with Gasteiger partial charge in [-0.3, -0.25) is 0 Å². The molecule has 1 N–H and O–H groups in total. The van der Waals surface area contributed by atoms with Crippen LogP contribution in [0.1, 0.15) is 20.8 Å². The van der Waals surface area contributed by atoms with Crippen LogP contribution in [0.15, 0.2) is 12.1 Å². The second-order valence-corrected chi connectivity index (χ2v) is 6.29. The topological polar surface area (TPSA) is 15.3 Å². The second kappa shape index (κ2) is 5.86. The van der Waals surface area contributed by atoms with E-state index in [-0.39, 0.29) is 6.04 Å². The van der Waals surface area contributed by atoms with Crippen molar-refractivity contribution in [2.45, 2.75) is 32.9 Å². The van der Waals surface area contributed by atoms with Gasteiger partial charge in [-0.2, -0.15) is 0 Å². The van der Waals surface area contributed by atoms with Crippen molar-refractivity contribution in [2.75, 3.05) is 18.0 Å². The molecule has 5 heteroatoms. The third-order valence-electron chi connectivity index (χ3n) is 3.67. The summed E-state index contributed by atoms with van der Waals surface area (Å²) in [5.41, 5.74) is 0.740. The number of rotatable bonds is 2. The third-order valence-corrected chi connectivity index (χ3v) is 4.25. The molecule has 1 aromatic rings. The van der Waals surface area contributed by atoms with Crippen molar-refractivity contribution in [3.05, 3.63) is 28.0 Å². The molecule has 1 saturated heterocycles. The smallest absolute Gasteiger partial charge is 0.126 e. The lowest BCUT2D eigenvalue weighted by molar-refractivity contribution is 0.337. The molecular formula is C14H19Cl2FN2. The second-order valence-electron chi connectivity index (χ2n) is 5.48. The molecule has 1 aromatic carbocycles. The highest BCUT2D eigenvalue weighted by atomic mass is 35.5. The number of benzene rings is 1. The average molecular weight is 305 g/mol. The Kier molecular flexibility index (Phi) is 4.59. The standard InChI is InChI=1S/C14H19Cl2FN2/c1-8(2)13-7-19(9(3)6-18-13)14-11(15)4-10(17)5-12(14)16/h4-5,8-9,13,18H,6-7H2,1-3H3. The van der Waals surface area contributed by atoms with Crippen molar-refractivity contribution in [1.82, 2.24) is 5.32 Å². The van der Waals surface area contributed by atoms with Crippen LogP contribution in [-0.4, -0.2) is 25.2 Å². The van der Waals surface area contributed by atoms with E-state index in [2.05, 4.69) is 31.0 Å². The van der Waals surface area contributed by atoms with Gasteiger partial charge in [0, 0.05) is 25.2 Å². The van der Waals surface area contributed by atoms with E-state index >= 15 is 0 Å². The first kappa shape index (κ1) is 14.9. The highest BCUT2D eigenvalue weighted by molar-refractivity contribution is 6.39. The van der Waals surface area contributed by atoms with Crippen molar-refractivity contribution >= 4 is 28.9 Å². The van der Waals surface area contributed by atoms with Crippen LogP contribution in [0.3, 0.4) is 0 Å². The van der Waals surface area contributed by atoms with Crippen LogP contribution in [-0.2, 0) is 0 Å². The molecule has 0 bridgehead atoms. The predicted octanol–water partition coefficient (Wildman–Crippen LogP) is 3.96. The normalized spacial score (nSPS) is 24.1. The minimum Gasteiger partial charge on any atom is -0.364 e. The number of halogens is 3. The molecule has 2 nitrogen and oxygen atoms in total. The summed E-state index contributed by atoms with van der Waals surface area (Å²) in [6.07, 6.45) is 0. The van der Waals surface area contributed by atoms with Crippen LogP contribution in [0.25, 0.3) is 0 Å². The Bertz CT molecular complexity index is 442. The lowest BCUT2D eigenvalue weighted by Crippen LogP contribution is -2.57. The maximum absolute atomic E-state index is 13.3. The summed E-state index contributed by atoms with van der Waals surface area (Å²) >= 11 is 12.3. The fourth-order valence-electron chi connectivity index (χ4n) is 2.46. The van der Waals surface area contributed by atoms with Gasteiger partial charge in [0.2, 0.25) is 0 Å². The highest BCUT2D eigenvalue weighted by Crippen LogP contribution is 2.36. The molecular weight excluding hydrogens is 286 g/mol. The van der Waals surface area contributed by atoms with Gasteiger partial charge >= 0.3 is 0 Å². The molecule has 2 rings (SSSR count). The van der Waals surface area contributed by atoms with Crippen molar-refractivity contribution < 1.29 is 4.39 Å². The molecule has 2 unspecified atom stereocenters. The number of hydrogen-bond acceptors (Lipinski definition) is 2. The van der Waals surface area contributed by atoms with Gasteiger partial charge in [-0.05, 0) is 25.0 Å². The largest absolute Gasteiger partial charge is 0.364 e. The zero-order chi connectivity index (χ0) is 14.2. The van der Waals surface area contributed by atoms with Gasteiger partial charge in [0.25, 0.3) is 0 Å². The zero-order valence-electron chi connectivity index (χ0n) is 11.4. The van der Waals surface area contributed by atoms with Gasteiger partial charge in [0.05, 0.1) is 15.7 Å². The van der Waals surface area contributed by atoms with Gasteiger partial charge < -0.3 is 10.2 Å². The summed E-state index contributed by atoms with van der Waals surface area (Å²) in [5.74, 6) is 0.120. The Labute approximate surface area is 123 Å². The van der Waals surface area contributed by atoms with Crippen LogP contribution < -0.4 is 10.2 Å². The molecule has 0 aromatic heterocycles. The first-order valence-corrected chi connectivity index (χ1v) is 7.30. The fraction of sp³-hybridized carbons (Fsp3) is 0.571. The lowest BCUT2D eigenvalue weighted by atomic mass is 9.99. The number of nitrogens with one attached hydrogen (secondary N) is 1. The molecule has 0 amide bonds. The van der Waals surface area contributed by atoms with Crippen LogP contribution in [0.5, 0.6) is 0 Å². The molecule has 19 heavy (non-hydrogen) atoms. The number of anilines is 1. The number of nitrogens with zero attached hydrogens (tertiary/aromatic N) is 1. The van der Waals surface area contributed by atoms with E-state index < -0.39 is 5.82 Å². The molecule has 1 fully saturated rings. The van der Waals surface area contributed by atoms with Gasteiger partial charge in [-0.25, -0.2) is 4.39 Å².